The van der Waals surface area contributed by atoms with Crippen LogP contribution in [0.3, 0.4) is 0 Å². The van der Waals surface area contributed by atoms with Gasteiger partial charge in [0.2, 0.25) is 20.7 Å². The number of nitrogens with zero attached hydrogens (tertiary/aromatic N) is 2. The maximum absolute atomic E-state index is 12.5. The molecule has 1 aliphatic heterocycles. The van der Waals surface area contributed by atoms with Gasteiger partial charge in [-0.2, -0.15) is 4.98 Å². The molecule has 1 aromatic rings. The fourth-order valence-electron chi connectivity index (χ4n) is 2.14. The molecule has 1 fully saturated rings. The SMILES string of the molecule is COc1ccc([N+](=O)[O-])c(S(=O)(=O)C2CCOC2C)n1. The van der Waals surface area contributed by atoms with Gasteiger partial charge in [-0.1, -0.05) is 0 Å². The molecule has 2 heterocycles. The van der Waals surface area contributed by atoms with E-state index in [1.165, 1.54) is 13.2 Å². The zero-order valence-electron chi connectivity index (χ0n) is 11.0. The fraction of sp³-hybridized carbons (Fsp3) is 0.545. The molecule has 0 N–H and O–H groups in total. The highest BCUT2D eigenvalue weighted by atomic mass is 32.2. The second-order valence-electron chi connectivity index (χ2n) is 4.38. The van der Waals surface area contributed by atoms with Crippen LogP contribution in [-0.2, 0) is 14.6 Å². The largest absolute Gasteiger partial charge is 0.481 e. The summed E-state index contributed by atoms with van der Waals surface area (Å²) in [7, 11) is -2.64. The summed E-state index contributed by atoms with van der Waals surface area (Å²) < 4.78 is 35.1. The lowest BCUT2D eigenvalue weighted by Gasteiger charge is -2.14. The van der Waals surface area contributed by atoms with Gasteiger partial charge in [-0.3, -0.25) is 10.1 Å². The van der Waals surface area contributed by atoms with Crippen LogP contribution in [0, 0.1) is 10.1 Å². The van der Waals surface area contributed by atoms with Crippen molar-refractivity contribution in [1.29, 1.82) is 0 Å². The van der Waals surface area contributed by atoms with Crippen LogP contribution < -0.4 is 4.74 Å². The van der Waals surface area contributed by atoms with Crippen LogP contribution in [0.25, 0.3) is 0 Å². The molecule has 20 heavy (non-hydrogen) atoms. The van der Waals surface area contributed by atoms with Crippen LogP contribution in [0.4, 0.5) is 5.69 Å². The molecule has 0 saturated carbocycles. The predicted octanol–water partition coefficient (Wildman–Crippen LogP) is 0.950. The number of hydrogen-bond donors (Lipinski definition) is 0. The molecule has 1 saturated heterocycles. The topological polar surface area (TPSA) is 109 Å². The number of hydrogen-bond acceptors (Lipinski definition) is 7. The normalized spacial score (nSPS) is 22.7. The molecule has 0 aromatic carbocycles. The molecule has 0 radical (unpaired) electrons. The number of ether oxygens (including phenoxy) is 2. The second-order valence-corrected chi connectivity index (χ2v) is 6.47. The highest BCUT2D eigenvalue weighted by Gasteiger charge is 2.41. The van der Waals surface area contributed by atoms with Gasteiger partial charge in [0.25, 0.3) is 0 Å². The number of sulfone groups is 1. The third-order valence-corrected chi connectivity index (χ3v) is 5.45. The molecule has 2 atom stereocenters. The van der Waals surface area contributed by atoms with Crippen LogP contribution in [0.15, 0.2) is 17.2 Å². The van der Waals surface area contributed by atoms with E-state index in [-0.39, 0.29) is 5.88 Å². The molecular weight excluding hydrogens is 288 g/mol. The van der Waals surface area contributed by atoms with Gasteiger partial charge in [0.15, 0.2) is 0 Å². The smallest absolute Gasteiger partial charge is 0.306 e. The first kappa shape index (κ1) is 14.7. The molecule has 0 spiro atoms. The van der Waals surface area contributed by atoms with Gasteiger partial charge in [-0.05, 0) is 13.3 Å². The minimum atomic E-state index is -3.95. The Morgan fingerprint density at radius 2 is 2.20 bits per heavy atom. The summed E-state index contributed by atoms with van der Waals surface area (Å²) in [6, 6.07) is 2.34. The Hall–Kier alpha value is -1.74. The van der Waals surface area contributed by atoms with Gasteiger partial charge in [0.05, 0.1) is 23.4 Å². The van der Waals surface area contributed by atoms with Crippen molar-refractivity contribution in [3.05, 3.63) is 22.2 Å². The lowest BCUT2D eigenvalue weighted by molar-refractivity contribution is -0.388. The third-order valence-electron chi connectivity index (χ3n) is 3.20. The highest BCUT2D eigenvalue weighted by Crippen LogP contribution is 2.32. The van der Waals surface area contributed by atoms with Crippen molar-refractivity contribution in [3.8, 4) is 5.88 Å². The number of rotatable bonds is 4. The summed E-state index contributed by atoms with van der Waals surface area (Å²) in [5.74, 6) is 0.0146. The first-order valence-corrected chi connectivity index (χ1v) is 7.47. The van der Waals surface area contributed by atoms with Crippen LogP contribution in [0.2, 0.25) is 0 Å². The Balaban J connectivity index is 2.57. The Bertz CT molecular complexity index is 630. The minimum absolute atomic E-state index is 0.0146. The monoisotopic (exact) mass is 302 g/mol. The quantitative estimate of drug-likeness (QED) is 0.601. The van der Waals surface area contributed by atoms with E-state index < -0.39 is 36.8 Å². The molecule has 8 nitrogen and oxygen atoms in total. The van der Waals surface area contributed by atoms with Crippen molar-refractivity contribution < 1.29 is 22.8 Å². The zero-order chi connectivity index (χ0) is 14.9. The number of pyridine rings is 1. The minimum Gasteiger partial charge on any atom is -0.481 e. The summed E-state index contributed by atoms with van der Waals surface area (Å²) in [6.45, 7) is 1.93. The predicted molar refractivity (Wildman–Crippen MR) is 68.4 cm³/mol. The molecule has 9 heteroatoms. The molecular formula is C11H14N2O6S. The second kappa shape index (κ2) is 5.33. The van der Waals surface area contributed by atoms with Gasteiger partial charge in [-0.25, -0.2) is 8.42 Å². The van der Waals surface area contributed by atoms with Crippen LogP contribution in [0.5, 0.6) is 5.88 Å². The Kier molecular flexibility index (Phi) is 3.91. The van der Waals surface area contributed by atoms with E-state index in [4.69, 9.17) is 9.47 Å². The lowest BCUT2D eigenvalue weighted by Crippen LogP contribution is -2.29. The van der Waals surface area contributed by atoms with E-state index >= 15 is 0 Å². The van der Waals surface area contributed by atoms with Gasteiger partial charge < -0.3 is 9.47 Å². The molecule has 110 valence electrons. The number of methoxy groups -OCH3 is 1. The molecule has 0 bridgehead atoms. The Morgan fingerprint density at radius 1 is 1.50 bits per heavy atom. The van der Waals surface area contributed by atoms with E-state index in [0.717, 1.165) is 6.07 Å². The van der Waals surface area contributed by atoms with Crippen molar-refractivity contribution in [3.63, 3.8) is 0 Å². The van der Waals surface area contributed by atoms with Crippen molar-refractivity contribution in [1.82, 2.24) is 4.98 Å². The van der Waals surface area contributed by atoms with E-state index in [2.05, 4.69) is 4.98 Å². The maximum atomic E-state index is 12.5. The van der Waals surface area contributed by atoms with Crippen LogP contribution in [-0.4, -0.2) is 43.4 Å². The molecule has 1 aliphatic rings. The Morgan fingerprint density at radius 3 is 2.70 bits per heavy atom. The summed E-state index contributed by atoms with van der Waals surface area (Å²) >= 11 is 0. The number of nitro groups is 1. The van der Waals surface area contributed by atoms with Crippen LogP contribution >= 0.6 is 0 Å². The molecule has 1 aromatic heterocycles. The first-order valence-electron chi connectivity index (χ1n) is 5.93. The van der Waals surface area contributed by atoms with Crippen molar-refractivity contribution in [2.75, 3.05) is 13.7 Å². The van der Waals surface area contributed by atoms with Gasteiger partial charge >= 0.3 is 5.69 Å². The molecule has 2 rings (SSSR count). The summed E-state index contributed by atoms with van der Waals surface area (Å²) in [4.78, 5) is 14.0. The average Bonchev–Trinajstić information content (AvgIpc) is 2.84. The Labute approximate surface area is 115 Å². The van der Waals surface area contributed by atoms with Crippen molar-refractivity contribution in [2.24, 2.45) is 0 Å². The fourth-order valence-corrected chi connectivity index (χ4v) is 4.07. The summed E-state index contributed by atoms with van der Waals surface area (Å²) in [5, 5.41) is 9.60. The van der Waals surface area contributed by atoms with E-state index in [1.807, 2.05) is 0 Å². The van der Waals surface area contributed by atoms with Gasteiger partial charge in [0, 0.05) is 18.7 Å². The van der Waals surface area contributed by atoms with E-state index in [1.54, 1.807) is 6.92 Å². The zero-order valence-corrected chi connectivity index (χ0v) is 11.8. The maximum Gasteiger partial charge on any atom is 0.306 e. The average molecular weight is 302 g/mol. The molecule has 2 unspecified atom stereocenters. The molecule has 0 amide bonds. The molecule has 0 aliphatic carbocycles. The van der Waals surface area contributed by atoms with Crippen molar-refractivity contribution in [2.45, 2.75) is 29.7 Å². The lowest BCUT2D eigenvalue weighted by atomic mass is 10.3. The third kappa shape index (κ3) is 2.46. The van der Waals surface area contributed by atoms with Crippen molar-refractivity contribution >= 4 is 15.5 Å². The summed E-state index contributed by atoms with van der Waals surface area (Å²) in [5.41, 5.74) is -0.551. The van der Waals surface area contributed by atoms with E-state index in [0.29, 0.717) is 13.0 Å². The first-order chi connectivity index (χ1) is 9.37. The van der Waals surface area contributed by atoms with E-state index in [9.17, 15) is 18.5 Å². The highest BCUT2D eigenvalue weighted by molar-refractivity contribution is 7.92. The van der Waals surface area contributed by atoms with Gasteiger partial charge in [-0.15, -0.1) is 0 Å². The van der Waals surface area contributed by atoms with Gasteiger partial charge in [0.1, 0.15) is 0 Å². The number of aromatic nitrogens is 1. The standard InChI is InChI=1S/C11H14N2O6S/c1-7-9(5-6-19-7)20(16,17)11-8(13(14)15)3-4-10(12-11)18-2/h3-4,7,9H,5-6H2,1-2H3. The summed E-state index contributed by atoms with van der Waals surface area (Å²) in [6.07, 6.45) is -0.230. The van der Waals surface area contributed by atoms with Crippen LogP contribution in [0.1, 0.15) is 13.3 Å².